The van der Waals surface area contributed by atoms with Crippen LogP contribution in [0.2, 0.25) is 0 Å². The maximum absolute atomic E-state index is 4.64. The largest absolute Gasteiger partial charge is 0.168 e. The average Bonchev–Trinajstić information content (AvgIpc) is 2.71. The van der Waals surface area contributed by atoms with Gasteiger partial charge in [0, 0.05) is 38.6 Å². The topological polar surface area (TPSA) is 0 Å². The summed E-state index contributed by atoms with van der Waals surface area (Å²) in [6.07, 6.45) is 2.94. The molecule has 0 fully saturated rings. The first kappa shape index (κ1) is 16.7. The van der Waals surface area contributed by atoms with Crippen LogP contribution in [0.3, 0.4) is 0 Å². The maximum Gasteiger partial charge on any atom is 0.0108 e. The predicted molar refractivity (Wildman–Crippen MR) is 63.1 cm³/mol. The molecule has 0 bridgehead atoms. The SMILES string of the molecule is CCl.CCl.[Hf].c1ccc2[cH-]ccc2c1. The second kappa shape index (κ2) is 11.4. The van der Waals surface area contributed by atoms with Gasteiger partial charge in [0.2, 0.25) is 0 Å². The van der Waals surface area contributed by atoms with Gasteiger partial charge in [0.25, 0.3) is 0 Å². The number of alkyl halides is 2. The Labute approximate surface area is 114 Å². The number of hydrogen-bond acceptors (Lipinski definition) is 0. The van der Waals surface area contributed by atoms with Crippen LogP contribution in [0.4, 0.5) is 0 Å². The minimum Gasteiger partial charge on any atom is -0.168 e. The molecule has 0 saturated carbocycles. The standard InChI is InChI=1S/C9H7.2CH3Cl.Hf/c1-2-5-9-7-3-6-8(9)4-1;2*1-2;/h1-7H;2*1H3;/q-1;;;. The molecular formula is C11H13Cl2Hf-. The van der Waals surface area contributed by atoms with Crippen LogP contribution in [0.25, 0.3) is 10.8 Å². The fourth-order valence-corrected chi connectivity index (χ4v) is 1.07. The Balaban J connectivity index is 0. The third-order valence-corrected chi connectivity index (χ3v) is 1.55. The van der Waals surface area contributed by atoms with Crippen molar-refractivity contribution < 1.29 is 25.8 Å². The molecule has 0 radical (unpaired) electrons. The van der Waals surface area contributed by atoms with Gasteiger partial charge in [0.15, 0.2) is 0 Å². The molecular weight excluding hydrogens is 382 g/mol. The van der Waals surface area contributed by atoms with Crippen LogP contribution >= 0.6 is 23.2 Å². The van der Waals surface area contributed by atoms with Crippen LogP contribution in [0.1, 0.15) is 0 Å². The Bertz CT molecular complexity index is 287. The zero-order valence-electron chi connectivity index (χ0n) is 8.30. The summed E-state index contributed by atoms with van der Waals surface area (Å²) in [6, 6.07) is 14.7. The summed E-state index contributed by atoms with van der Waals surface area (Å²) in [4.78, 5) is 0. The van der Waals surface area contributed by atoms with Gasteiger partial charge in [-0.3, -0.25) is 0 Å². The van der Waals surface area contributed by atoms with Crippen LogP contribution in [0, 0.1) is 0 Å². The number of rotatable bonds is 0. The second-order valence-electron chi connectivity index (χ2n) is 2.15. The van der Waals surface area contributed by atoms with Gasteiger partial charge in [-0.25, -0.2) is 0 Å². The van der Waals surface area contributed by atoms with Gasteiger partial charge >= 0.3 is 0 Å². The molecule has 2 rings (SSSR count). The van der Waals surface area contributed by atoms with Gasteiger partial charge in [-0.05, 0) is 0 Å². The van der Waals surface area contributed by atoms with Crippen LogP contribution < -0.4 is 0 Å². The van der Waals surface area contributed by atoms with E-state index in [0.29, 0.717) is 0 Å². The smallest absolute Gasteiger partial charge is 0.0108 e. The zero-order chi connectivity index (χ0) is 10.1. The van der Waals surface area contributed by atoms with E-state index in [1.54, 1.807) is 0 Å². The van der Waals surface area contributed by atoms with Gasteiger partial charge in [-0.15, -0.1) is 52.9 Å². The fourth-order valence-electron chi connectivity index (χ4n) is 1.07. The zero-order valence-corrected chi connectivity index (χ0v) is 13.4. The first-order chi connectivity index (χ1) is 6.47. The Morgan fingerprint density at radius 3 is 2.07 bits per heavy atom. The summed E-state index contributed by atoms with van der Waals surface area (Å²) in [5, 5.41) is 2.66. The third-order valence-electron chi connectivity index (χ3n) is 1.55. The molecule has 14 heavy (non-hydrogen) atoms. The van der Waals surface area contributed by atoms with Crippen molar-refractivity contribution in [2.75, 3.05) is 12.8 Å². The molecule has 0 saturated heterocycles. The Morgan fingerprint density at radius 2 is 1.50 bits per heavy atom. The fraction of sp³-hybridized carbons (Fsp3) is 0.182. The molecule has 0 aliphatic rings. The summed E-state index contributed by atoms with van der Waals surface area (Å²) < 4.78 is 0. The van der Waals surface area contributed by atoms with Crippen molar-refractivity contribution in [3.05, 3.63) is 42.5 Å². The molecule has 0 spiro atoms. The quantitative estimate of drug-likeness (QED) is 0.356. The Morgan fingerprint density at radius 1 is 0.929 bits per heavy atom. The molecule has 0 aliphatic carbocycles. The molecule has 0 atom stereocenters. The number of fused-ring (bicyclic) bond motifs is 1. The van der Waals surface area contributed by atoms with E-state index < -0.39 is 0 Å². The van der Waals surface area contributed by atoms with Crippen molar-refractivity contribution in [2.24, 2.45) is 0 Å². The number of benzene rings is 1. The molecule has 0 unspecified atom stereocenters. The molecule has 0 aromatic heterocycles. The van der Waals surface area contributed by atoms with E-state index in [2.05, 4.69) is 65.7 Å². The molecule has 0 amide bonds. The summed E-state index contributed by atoms with van der Waals surface area (Å²) in [6.45, 7) is 0. The van der Waals surface area contributed by atoms with Gasteiger partial charge in [0.1, 0.15) is 0 Å². The summed E-state index contributed by atoms with van der Waals surface area (Å²) >= 11 is 9.28. The molecule has 0 N–H and O–H groups in total. The number of hydrogen-bond donors (Lipinski definition) is 0. The van der Waals surface area contributed by atoms with E-state index in [1.165, 1.54) is 23.5 Å². The minimum absolute atomic E-state index is 0. The normalized spacial score (nSPS) is 7.43. The van der Waals surface area contributed by atoms with Crippen LogP contribution in [-0.4, -0.2) is 12.8 Å². The first-order valence-electron chi connectivity index (χ1n) is 3.83. The summed E-state index contributed by atoms with van der Waals surface area (Å²) in [5.41, 5.74) is 0. The van der Waals surface area contributed by atoms with E-state index in [9.17, 15) is 0 Å². The monoisotopic (exact) mass is 395 g/mol. The molecule has 2 aromatic carbocycles. The average molecular weight is 395 g/mol. The van der Waals surface area contributed by atoms with Crippen LogP contribution in [-0.2, 0) is 25.8 Å². The van der Waals surface area contributed by atoms with E-state index in [4.69, 9.17) is 0 Å². The summed E-state index contributed by atoms with van der Waals surface area (Å²) in [7, 11) is 0. The van der Waals surface area contributed by atoms with Crippen LogP contribution in [0.5, 0.6) is 0 Å². The van der Waals surface area contributed by atoms with Crippen molar-refractivity contribution in [2.45, 2.75) is 0 Å². The van der Waals surface area contributed by atoms with Gasteiger partial charge in [-0.1, -0.05) is 6.07 Å². The summed E-state index contributed by atoms with van der Waals surface area (Å²) in [5.74, 6) is 0. The Kier molecular flexibility index (Phi) is 13.5. The maximum atomic E-state index is 4.64. The van der Waals surface area contributed by atoms with Crippen molar-refractivity contribution in [3.63, 3.8) is 0 Å². The molecule has 0 heterocycles. The molecule has 0 nitrogen and oxygen atoms in total. The van der Waals surface area contributed by atoms with E-state index in [-0.39, 0.29) is 25.8 Å². The van der Waals surface area contributed by atoms with E-state index >= 15 is 0 Å². The number of halogens is 2. The minimum atomic E-state index is 0. The molecule has 3 heteroatoms. The molecule has 76 valence electrons. The van der Waals surface area contributed by atoms with Gasteiger partial charge < -0.3 is 0 Å². The van der Waals surface area contributed by atoms with Gasteiger partial charge in [0.05, 0.1) is 0 Å². The van der Waals surface area contributed by atoms with Gasteiger partial charge in [-0.2, -0.15) is 17.5 Å². The molecule has 2 aromatic rings. The van der Waals surface area contributed by atoms with Crippen molar-refractivity contribution >= 4 is 34.0 Å². The second-order valence-corrected chi connectivity index (χ2v) is 2.15. The van der Waals surface area contributed by atoms with Crippen molar-refractivity contribution in [1.29, 1.82) is 0 Å². The van der Waals surface area contributed by atoms with Crippen molar-refractivity contribution in [3.8, 4) is 0 Å². The Hall–Kier alpha value is 0.280. The molecule has 0 aliphatic heterocycles. The van der Waals surface area contributed by atoms with E-state index in [1.807, 2.05) is 0 Å². The third kappa shape index (κ3) is 5.23. The van der Waals surface area contributed by atoms with Crippen molar-refractivity contribution in [1.82, 2.24) is 0 Å². The predicted octanol–water partition coefficient (Wildman–Crippen LogP) is 4.27. The van der Waals surface area contributed by atoms with Crippen LogP contribution in [0.15, 0.2) is 42.5 Å². The first-order valence-corrected chi connectivity index (χ1v) is 5.34. The van der Waals surface area contributed by atoms with E-state index in [0.717, 1.165) is 0 Å².